The fraction of sp³-hybridized carbons (Fsp3) is 0.550. The lowest BCUT2D eigenvalue weighted by Gasteiger charge is -2.26. The summed E-state index contributed by atoms with van der Waals surface area (Å²) in [6.07, 6.45) is 1.63. The number of fused-ring (bicyclic) bond motifs is 1. The van der Waals surface area contributed by atoms with Crippen LogP contribution in [0.5, 0.6) is 0 Å². The Morgan fingerprint density at radius 1 is 1.25 bits per heavy atom. The second kappa shape index (κ2) is 8.22. The van der Waals surface area contributed by atoms with Crippen LogP contribution in [0.1, 0.15) is 51.3 Å². The number of aryl methyl sites for hydroxylation is 1. The molecule has 0 spiro atoms. The Morgan fingerprint density at radius 2 is 1.88 bits per heavy atom. The Labute approximate surface area is 147 Å². The van der Waals surface area contributed by atoms with E-state index in [-0.39, 0.29) is 6.09 Å². The third-order valence-electron chi connectivity index (χ3n) is 3.68. The normalized spacial score (nSPS) is 14.1. The van der Waals surface area contributed by atoms with E-state index in [1.54, 1.807) is 4.90 Å². The number of hydrogen-bond donors (Lipinski definition) is 0. The fourth-order valence-corrected chi connectivity index (χ4v) is 2.78. The van der Waals surface area contributed by atoms with Crippen LogP contribution in [0.15, 0.2) is 18.7 Å². The molecule has 0 saturated carbocycles. The van der Waals surface area contributed by atoms with Crippen LogP contribution in [0.25, 0.3) is 6.08 Å². The summed E-state index contributed by atoms with van der Waals surface area (Å²) in [4.78, 5) is 16.4. The van der Waals surface area contributed by atoms with E-state index < -0.39 is 5.60 Å². The van der Waals surface area contributed by atoms with Gasteiger partial charge in [0.25, 0.3) is 0 Å². The van der Waals surface area contributed by atoms with Crippen LogP contribution in [-0.2, 0) is 11.3 Å². The zero-order valence-electron chi connectivity index (χ0n) is 16.3. The minimum absolute atomic E-state index is 0.254. The monoisotopic (exact) mass is 332 g/mol. The highest BCUT2D eigenvalue weighted by atomic mass is 16.6. The number of carbonyl (C=O) groups is 1. The molecule has 0 N–H and O–H groups in total. The molecule has 0 fully saturated rings. The van der Waals surface area contributed by atoms with Crippen LogP contribution in [0.4, 0.5) is 10.5 Å². The van der Waals surface area contributed by atoms with Crippen molar-refractivity contribution < 1.29 is 9.53 Å². The number of likely N-dealkylation sites (N-methyl/N-ethyl adjacent to an activating group) is 1. The molecule has 0 atom stereocenters. The molecule has 0 aliphatic carbocycles. The number of amides is 1. The third kappa shape index (κ3) is 5.02. The highest BCUT2D eigenvalue weighted by Gasteiger charge is 2.26. The van der Waals surface area contributed by atoms with Gasteiger partial charge in [-0.3, -0.25) is 0 Å². The molecule has 1 heterocycles. The number of carbonyl (C=O) groups excluding carboxylic acids is 1. The molecule has 1 aliphatic heterocycles. The second-order valence-corrected chi connectivity index (χ2v) is 6.89. The minimum Gasteiger partial charge on any atom is -0.444 e. The van der Waals surface area contributed by atoms with Crippen molar-refractivity contribution in [3.8, 4) is 0 Å². The zero-order chi connectivity index (χ0) is 18.5. The van der Waals surface area contributed by atoms with Crippen molar-refractivity contribution in [3.05, 3.63) is 35.4 Å². The van der Waals surface area contributed by atoms with E-state index in [1.165, 1.54) is 5.56 Å². The largest absolute Gasteiger partial charge is 0.444 e. The summed E-state index contributed by atoms with van der Waals surface area (Å²) in [6.45, 7) is 17.6. The summed E-state index contributed by atoms with van der Waals surface area (Å²) in [6, 6.07) is 4.27. The minimum atomic E-state index is -0.475. The Morgan fingerprint density at radius 3 is 2.42 bits per heavy atom. The first-order valence-corrected chi connectivity index (χ1v) is 8.66. The summed E-state index contributed by atoms with van der Waals surface area (Å²) in [5.41, 5.74) is 4.11. The van der Waals surface area contributed by atoms with E-state index in [4.69, 9.17) is 4.74 Å². The van der Waals surface area contributed by atoms with Crippen molar-refractivity contribution in [1.29, 1.82) is 0 Å². The summed E-state index contributed by atoms with van der Waals surface area (Å²) in [5.74, 6) is 0. The van der Waals surface area contributed by atoms with Crippen LogP contribution < -0.4 is 4.90 Å². The first-order valence-electron chi connectivity index (χ1n) is 8.66. The molecule has 0 unspecified atom stereocenters. The number of rotatable bonds is 1. The molecule has 24 heavy (non-hydrogen) atoms. The Kier molecular flexibility index (Phi) is 6.88. The van der Waals surface area contributed by atoms with Gasteiger partial charge in [-0.25, -0.2) is 4.79 Å². The van der Waals surface area contributed by atoms with Gasteiger partial charge in [-0.1, -0.05) is 38.1 Å². The molecule has 0 saturated heterocycles. The van der Waals surface area contributed by atoms with Crippen molar-refractivity contribution in [2.24, 2.45) is 0 Å². The number of benzene rings is 1. The Bertz CT molecular complexity index is 588. The van der Waals surface area contributed by atoms with Gasteiger partial charge in [-0.15, -0.1) is 0 Å². The van der Waals surface area contributed by atoms with E-state index in [1.807, 2.05) is 40.7 Å². The molecular formula is C20H32N2O2. The van der Waals surface area contributed by atoms with Gasteiger partial charge in [0.2, 0.25) is 0 Å². The lowest BCUT2D eigenvalue weighted by Crippen LogP contribution is -2.38. The van der Waals surface area contributed by atoms with E-state index >= 15 is 0 Å². The van der Waals surface area contributed by atoms with Crippen molar-refractivity contribution in [1.82, 2.24) is 4.90 Å². The molecule has 134 valence electrons. The smallest absolute Gasteiger partial charge is 0.410 e. The highest BCUT2D eigenvalue weighted by Crippen LogP contribution is 2.31. The zero-order valence-corrected chi connectivity index (χ0v) is 16.3. The van der Waals surface area contributed by atoms with Crippen molar-refractivity contribution in [3.63, 3.8) is 0 Å². The van der Waals surface area contributed by atoms with E-state index in [0.29, 0.717) is 13.1 Å². The first kappa shape index (κ1) is 20.1. The molecule has 0 bridgehead atoms. The number of anilines is 1. The van der Waals surface area contributed by atoms with Gasteiger partial charge in [-0.2, -0.15) is 0 Å². The SMILES string of the molecule is C=Cc1cc(C)cc2c1N(C)CCN(C(=O)OC(C)(C)C)C2.CC. The van der Waals surface area contributed by atoms with Gasteiger partial charge in [0.05, 0.1) is 6.54 Å². The third-order valence-corrected chi connectivity index (χ3v) is 3.68. The van der Waals surface area contributed by atoms with E-state index in [9.17, 15) is 4.79 Å². The fourth-order valence-electron chi connectivity index (χ4n) is 2.78. The topological polar surface area (TPSA) is 32.8 Å². The van der Waals surface area contributed by atoms with Crippen LogP contribution in [0, 0.1) is 6.92 Å². The van der Waals surface area contributed by atoms with Gasteiger partial charge in [-0.05, 0) is 44.9 Å². The van der Waals surface area contributed by atoms with Gasteiger partial charge < -0.3 is 14.5 Å². The maximum absolute atomic E-state index is 12.4. The van der Waals surface area contributed by atoms with Crippen LogP contribution >= 0.6 is 0 Å². The van der Waals surface area contributed by atoms with E-state index in [2.05, 4.69) is 37.6 Å². The number of hydrogen-bond acceptors (Lipinski definition) is 3. The Hall–Kier alpha value is -1.97. The maximum atomic E-state index is 12.4. The Balaban J connectivity index is 0.00000139. The maximum Gasteiger partial charge on any atom is 0.410 e. The molecule has 1 amide bonds. The predicted molar refractivity (Wildman–Crippen MR) is 103 cm³/mol. The van der Waals surface area contributed by atoms with Crippen LogP contribution in [0.2, 0.25) is 0 Å². The quantitative estimate of drug-likeness (QED) is 0.737. The second-order valence-electron chi connectivity index (χ2n) is 6.89. The average molecular weight is 332 g/mol. The summed E-state index contributed by atoms with van der Waals surface area (Å²) in [5, 5.41) is 0. The summed E-state index contributed by atoms with van der Waals surface area (Å²) >= 11 is 0. The first-order chi connectivity index (χ1) is 11.2. The molecule has 2 rings (SSSR count). The lowest BCUT2D eigenvalue weighted by molar-refractivity contribution is 0.0243. The van der Waals surface area contributed by atoms with Gasteiger partial charge in [0, 0.05) is 25.8 Å². The van der Waals surface area contributed by atoms with E-state index in [0.717, 1.165) is 23.4 Å². The molecule has 1 aromatic carbocycles. The molecular weight excluding hydrogens is 300 g/mol. The molecule has 4 heteroatoms. The lowest BCUT2D eigenvalue weighted by atomic mass is 10.0. The van der Waals surface area contributed by atoms with Crippen molar-refractivity contribution in [2.75, 3.05) is 25.0 Å². The number of nitrogens with zero attached hydrogens (tertiary/aromatic N) is 2. The molecule has 1 aliphatic rings. The molecule has 1 aromatic rings. The van der Waals surface area contributed by atoms with Gasteiger partial charge in [0.1, 0.15) is 5.60 Å². The summed E-state index contributed by atoms with van der Waals surface area (Å²) < 4.78 is 5.52. The number of ether oxygens (including phenoxy) is 1. The van der Waals surface area contributed by atoms with Crippen LogP contribution in [-0.4, -0.2) is 36.7 Å². The highest BCUT2D eigenvalue weighted by molar-refractivity contribution is 5.74. The van der Waals surface area contributed by atoms with Gasteiger partial charge in [0.15, 0.2) is 0 Å². The van der Waals surface area contributed by atoms with Crippen LogP contribution in [0.3, 0.4) is 0 Å². The molecule has 0 aromatic heterocycles. The summed E-state index contributed by atoms with van der Waals surface area (Å²) in [7, 11) is 2.06. The predicted octanol–water partition coefficient (Wildman–Crippen LogP) is 4.85. The standard InChI is InChI=1S/C18H26N2O2.C2H6/c1-7-14-10-13(2)11-15-12-20(9-8-19(6)16(14)15)17(21)22-18(3,4)5;1-2/h7,10-11H,1,8-9,12H2,2-6H3;1-2H3. The molecule has 0 radical (unpaired) electrons. The van der Waals surface area contributed by atoms with Crippen molar-refractivity contribution in [2.45, 2.75) is 53.7 Å². The van der Waals surface area contributed by atoms with Crippen molar-refractivity contribution >= 4 is 17.9 Å². The average Bonchev–Trinajstić information content (AvgIpc) is 2.66. The van der Waals surface area contributed by atoms with Gasteiger partial charge >= 0.3 is 6.09 Å². The molecule has 4 nitrogen and oxygen atoms in total.